The van der Waals surface area contributed by atoms with Gasteiger partial charge in [-0.05, 0) is 5.92 Å². The number of halogens is 1. The zero-order chi connectivity index (χ0) is 11.7. The van der Waals surface area contributed by atoms with Crippen LogP contribution in [0.5, 0.6) is 0 Å². The number of aryl methyl sites for hydroxylation is 1. The summed E-state index contributed by atoms with van der Waals surface area (Å²) in [5.74, 6) is 5.72. The lowest BCUT2D eigenvalue weighted by atomic mass is 10.5. The predicted octanol–water partition coefficient (Wildman–Crippen LogP) is -0.460. The molecule has 2 aromatic rings. The van der Waals surface area contributed by atoms with E-state index in [2.05, 4.69) is 26.8 Å². The molecule has 2 aromatic heterocycles. The van der Waals surface area contributed by atoms with Gasteiger partial charge in [-0.25, -0.2) is 9.78 Å². The van der Waals surface area contributed by atoms with Crippen LogP contribution in [0.25, 0.3) is 11.2 Å². The van der Waals surface area contributed by atoms with Gasteiger partial charge in [0.05, 0.1) is 5.88 Å². The first-order chi connectivity index (χ1) is 7.63. The summed E-state index contributed by atoms with van der Waals surface area (Å²) in [6.07, 6.45) is 0. The van der Waals surface area contributed by atoms with Crippen LogP contribution in [0.4, 0.5) is 0 Å². The van der Waals surface area contributed by atoms with Crippen LogP contribution in [0.2, 0.25) is 0 Å². The van der Waals surface area contributed by atoms with Crippen molar-refractivity contribution in [3.05, 3.63) is 26.7 Å². The van der Waals surface area contributed by atoms with Gasteiger partial charge in [-0.3, -0.25) is 14.3 Å². The van der Waals surface area contributed by atoms with E-state index in [0.29, 0.717) is 5.82 Å². The number of H-pyrrole nitrogens is 2. The molecule has 0 radical (unpaired) electrons. The molecule has 0 aliphatic carbocycles. The number of aromatic nitrogens is 4. The van der Waals surface area contributed by atoms with Gasteiger partial charge < -0.3 is 4.98 Å². The second kappa shape index (κ2) is 3.87. The molecule has 0 atom stereocenters. The van der Waals surface area contributed by atoms with E-state index in [0.717, 1.165) is 0 Å². The van der Waals surface area contributed by atoms with E-state index in [1.54, 1.807) is 0 Å². The Kier molecular flexibility index (Phi) is 2.54. The van der Waals surface area contributed by atoms with E-state index in [-0.39, 0.29) is 17.0 Å². The van der Waals surface area contributed by atoms with Crippen molar-refractivity contribution in [3.8, 4) is 11.8 Å². The molecule has 0 aliphatic heterocycles. The summed E-state index contributed by atoms with van der Waals surface area (Å²) in [4.78, 5) is 31.6. The second-order valence-electron chi connectivity index (χ2n) is 3.04. The van der Waals surface area contributed by atoms with Crippen LogP contribution < -0.4 is 11.2 Å². The fourth-order valence-electron chi connectivity index (χ4n) is 1.28. The Morgan fingerprint density at radius 1 is 1.44 bits per heavy atom. The average molecular weight is 239 g/mol. The zero-order valence-electron chi connectivity index (χ0n) is 8.30. The quantitative estimate of drug-likeness (QED) is 0.481. The number of imidazole rings is 1. The number of aromatic amines is 2. The molecule has 16 heavy (non-hydrogen) atoms. The SMILES string of the molecule is Cn1c(=O)[nH]c(=O)c2[nH]c(C#CCCl)nc21. The maximum atomic E-state index is 11.4. The zero-order valence-corrected chi connectivity index (χ0v) is 9.05. The molecule has 0 saturated heterocycles. The van der Waals surface area contributed by atoms with E-state index in [9.17, 15) is 9.59 Å². The first kappa shape index (κ1) is 10.5. The summed E-state index contributed by atoms with van der Waals surface area (Å²) >= 11 is 5.40. The van der Waals surface area contributed by atoms with Crippen LogP contribution in [0.15, 0.2) is 9.59 Å². The van der Waals surface area contributed by atoms with Crippen LogP contribution in [0.1, 0.15) is 5.82 Å². The molecule has 7 heteroatoms. The topological polar surface area (TPSA) is 83.5 Å². The molecular weight excluding hydrogens is 232 g/mol. The molecule has 82 valence electrons. The highest BCUT2D eigenvalue weighted by Crippen LogP contribution is 2.01. The van der Waals surface area contributed by atoms with E-state index < -0.39 is 11.2 Å². The first-order valence-corrected chi connectivity index (χ1v) is 4.91. The standard InChI is InChI=1S/C9H7ClN4O2/c1-14-7-6(8(15)13-9(14)16)11-5(12-7)3-2-4-10/h4H2,1H3,(H,11,12)(H,13,15,16). The number of fused-ring (bicyclic) bond motifs is 1. The monoisotopic (exact) mass is 238 g/mol. The van der Waals surface area contributed by atoms with Crippen LogP contribution in [0, 0.1) is 11.8 Å². The Balaban J connectivity index is 2.80. The molecule has 0 saturated carbocycles. The maximum absolute atomic E-state index is 11.4. The van der Waals surface area contributed by atoms with Crippen molar-refractivity contribution in [2.24, 2.45) is 7.05 Å². The van der Waals surface area contributed by atoms with Gasteiger partial charge in [0.1, 0.15) is 0 Å². The average Bonchev–Trinajstić information content (AvgIpc) is 2.68. The number of nitrogens with zero attached hydrogens (tertiary/aromatic N) is 2. The van der Waals surface area contributed by atoms with Crippen molar-refractivity contribution in [1.29, 1.82) is 0 Å². The molecule has 2 heterocycles. The fraction of sp³-hybridized carbons (Fsp3) is 0.222. The van der Waals surface area contributed by atoms with Crippen molar-refractivity contribution in [2.75, 3.05) is 5.88 Å². The number of hydrogen-bond acceptors (Lipinski definition) is 3. The van der Waals surface area contributed by atoms with Gasteiger partial charge >= 0.3 is 5.69 Å². The molecule has 0 aromatic carbocycles. The van der Waals surface area contributed by atoms with E-state index in [1.807, 2.05) is 0 Å². The minimum absolute atomic E-state index is 0.173. The number of hydrogen-bond donors (Lipinski definition) is 2. The normalized spacial score (nSPS) is 10.1. The minimum Gasteiger partial charge on any atom is -0.325 e. The number of alkyl halides is 1. The van der Waals surface area contributed by atoms with Gasteiger partial charge in [-0.15, -0.1) is 11.6 Å². The number of rotatable bonds is 0. The van der Waals surface area contributed by atoms with Gasteiger partial charge in [0.2, 0.25) is 0 Å². The van der Waals surface area contributed by atoms with Crippen molar-refractivity contribution >= 4 is 22.8 Å². The van der Waals surface area contributed by atoms with Gasteiger partial charge in [0.15, 0.2) is 17.0 Å². The third-order valence-corrected chi connectivity index (χ3v) is 2.16. The molecule has 0 amide bonds. The lowest BCUT2D eigenvalue weighted by molar-refractivity contribution is 0.832. The lowest BCUT2D eigenvalue weighted by Gasteiger charge is -1.94. The summed E-state index contributed by atoms with van der Waals surface area (Å²) in [5, 5.41) is 0. The summed E-state index contributed by atoms with van der Waals surface area (Å²) in [6.45, 7) is 0. The third kappa shape index (κ3) is 1.61. The summed E-state index contributed by atoms with van der Waals surface area (Å²) in [7, 11) is 1.51. The van der Waals surface area contributed by atoms with Crippen molar-refractivity contribution in [2.45, 2.75) is 0 Å². The van der Waals surface area contributed by atoms with E-state index in [1.165, 1.54) is 11.6 Å². The highest BCUT2D eigenvalue weighted by Gasteiger charge is 2.08. The fourth-order valence-corrected chi connectivity index (χ4v) is 1.35. The molecule has 0 spiro atoms. The maximum Gasteiger partial charge on any atom is 0.329 e. The molecule has 6 nitrogen and oxygen atoms in total. The van der Waals surface area contributed by atoms with Crippen LogP contribution >= 0.6 is 11.6 Å². The Hall–Kier alpha value is -2.00. The Morgan fingerprint density at radius 2 is 2.19 bits per heavy atom. The van der Waals surface area contributed by atoms with Crippen molar-refractivity contribution in [3.63, 3.8) is 0 Å². The van der Waals surface area contributed by atoms with Crippen molar-refractivity contribution < 1.29 is 0 Å². The summed E-state index contributed by atoms with van der Waals surface area (Å²) in [5.41, 5.74) is -0.529. The molecular formula is C9H7ClN4O2. The van der Waals surface area contributed by atoms with Gasteiger partial charge in [-0.1, -0.05) is 5.92 Å². The molecule has 2 rings (SSSR count). The molecule has 0 bridgehead atoms. The van der Waals surface area contributed by atoms with E-state index in [4.69, 9.17) is 11.6 Å². The highest BCUT2D eigenvalue weighted by atomic mass is 35.5. The van der Waals surface area contributed by atoms with E-state index >= 15 is 0 Å². The Morgan fingerprint density at radius 3 is 2.88 bits per heavy atom. The largest absolute Gasteiger partial charge is 0.329 e. The van der Waals surface area contributed by atoms with Crippen molar-refractivity contribution in [1.82, 2.24) is 19.5 Å². The second-order valence-corrected chi connectivity index (χ2v) is 3.30. The molecule has 0 fully saturated rings. The summed E-state index contributed by atoms with van der Waals surface area (Å²) in [6, 6.07) is 0. The summed E-state index contributed by atoms with van der Waals surface area (Å²) < 4.78 is 1.24. The molecule has 2 N–H and O–H groups in total. The first-order valence-electron chi connectivity index (χ1n) is 4.37. The van der Waals surface area contributed by atoms with Crippen LogP contribution in [-0.2, 0) is 7.05 Å². The smallest absolute Gasteiger partial charge is 0.325 e. The van der Waals surface area contributed by atoms with Crippen LogP contribution in [-0.4, -0.2) is 25.4 Å². The molecule has 0 unspecified atom stereocenters. The Labute approximate surface area is 94.3 Å². The van der Waals surface area contributed by atoms with Gasteiger partial charge in [0.25, 0.3) is 5.56 Å². The minimum atomic E-state index is -0.513. The molecule has 0 aliphatic rings. The lowest BCUT2D eigenvalue weighted by Crippen LogP contribution is -2.28. The number of nitrogens with one attached hydrogen (secondary N) is 2. The van der Waals surface area contributed by atoms with Gasteiger partial charge in [0, 0.05) is 7.05 Å². The third-order valence-electron chi connectivity index (χ3n) is 2.03. The Bertz CT molecular complexity index is 713. The highest BCUT2D eigenvalue weighted by molar-refractivity contribution is 6.19. The predicted molar refractivity (Wildman–Crippen MR) is 59.6 cm³/mol. The van der Waals surface area contributed by atoms with Gasteiger partial charge in [-0.2, -0.15) is 0 Å². The van der Waals surface area contributed by atoms with Crippen LogP contribution in [0.3, 0.4) is 0 Å².